The molecule has 2 aromatic rings. The van der Waals surface area contributed by atoms with Crippen LogP contribution < -0.4 is 0 Å². The van der Waals surface area contributed by atoms with Crippen molar-refractivity contribution in [3.05, 3.63) is 59.8 Å². The van der Waals surface area contributed by atoms with Crippen LogP contribution >= 0.6 is 0 Å². The minimum atomic E-state index is -0.372. The number of allylic oxidation sites excluding steroid dienone is 1. The first kappa shape index (κ1) is 19.1. The summed E-state index contributed by atoms with van der Waals surface area (Å²) in [6.07, 6.45) is 4.94. The molecule has 2 saturated heterocycles. The van der Waals surface area contributed by atoms with E-state index in [9.17, 15) is 9.59 Å². The fourth-order valence-corrected chi connectivity index (χ4v) is 4.67. The lowest BCUT2D eigenvalue weighted by molar-refractivity contribution is -0.140. The number of ether oxygens (including phenoxy) is 3. The third-order valence-electron chi connectivity index (χ3n) is 6.58. The number of epoxide rings is 1. The van der Waals surface area contributed by atoms with Gasteiger partial charge >= 0.3 is 11.9 Å². The van der Waals surface area contributed by atoms with Crippen LogP contribution in [0.15, 0.2) is 54.1 Å². The van der Waals surface area contributed by atoms with E-state index in [-0.39, 0.29) is 42.3 Å². The first-order valence-corrected chi connectivity index (χ1v) is 10.4. The standard InChI is InChI=1S/C24H25NO5/c1-14-17-10-9-15(6-5-11-24(2)21(30-24)20(17)29-22(14)26)13-28-23(27)19-12-16-7-3-4-8-18(16)25-19/h3-4,6-8,12,17,20-21,25H,1,5,9-11,13H2,2H3/b15-6+/t17-,20-,21+,24+/m0/s1. The summed E-state index contributed by atoms with van der Waals surface area (Å²) in [5, 5.41) is 0.977. The van der Waals surface area contributed by atoms with Crippen molar-refractivity contribution in [2.45, 2.75) is 50.4 Å². The number of hydrogen-bond donors (Lipinski definition) is 1. The summed E-state index contributed by atoms with van der Waals surface area (Å²) < 4.78 is 17.1. The number of benzene rings is 1. The summed E-state index contributed by atoms with van der Waals surface area (Å²) >= 11 is 0. The van der Waals surface area contributed by atoms with Crippen molar-refractivity contribution in [1.82, 2.24) is 4.98 Å². The molecule has 0 radical (unpaired) electrons. The molecule has 2 fully saturated rings. The Morgan fingerprint density at radius 3 is 3.03 bits per heavy atom. The van der Waals surface area contributed by atoms with E-state index in [1.807, 2.05) is 24.3 Å². The summed E-state index contributed by atoms with van der Waals surface area (Å²) in [6, 6.07) is 9.54. The second kappa shape index (κ2) is 7.13. The van der Waals surface area contributed by atoms with Gasteiger partial charge in [-0.2, -0.15) is 0 Å². The number of nitrogens with one attached hydrogen (secondary N) is 1. The minimum absolute atomic E-state index is 0.0551. The van der Waals surface area contributed by atoms with Gasteiger partial charge in [-0.25, -0.2) is 9.59 Å². The zero-order valence-corrected chi connectivity index (χ0v) is 17.0. The zero-order chi connectivity index (χ0) is 20.9. The van der Waals surface area contributed by atoms with Gasteiger partial charge in [-0.15, -0.1) is 0 Å². The van der Waals surface area contributed by atoms with Crippen LogP contribution in [0.3, 0.4) is 0 Å². The summed E-state index contributed by atoms with van der Waals surface area (Å²) in [6.45, 7) is 6.24. The number of H-pyrrole nitrogens is 1. The van der Waals surface area contributed by atoms with E-state index in [0.29, 0.717) is 11.3 Å². The normalized spacial score (nSPS) is 32.6. The molecular weight excluding hydrogens is 382 g/mol. The number of hydrogen-bond acceptors (Lipinski definition) is 5. The summed E-state index contributed by atoms with van der Waals surface area (Å²) in [7, 11) is 0. The molecule has 1 aromatic carbocycles. The molecule has 6 heteroatoms. The van der Waals surface area contributed by atoms with E-state index in [1.165, 1.54) is 0 Å². The molecular formula is C24H25NO5. The molecule has 156 valence electrons. The molecule has 3 heterocycles. The molecule has 0 amide bonds. The third-order valence-corrected chi connectivity index (χ3v) is 6.58. The Kier molecular flexibility index (Phi) is 4.54. The van der Waals surface area contributed by atoms with Crippen LogP contribution in [0.4, 0.5) is 0 Å². The van der Waals surface area contributed by atoms with Crippen molar-refractivity contribution >= 4 is 22.8 Å². The minimum Gasteiger partial charge on any atom is -0.457 e. The fourth-order valence-electron chi connectivity index (χ4n) is 4.67. The van der Waals surface area contributed by atoms with Crippen LogP contribution in [0.1, 0.15) is 43.1 Å². The Morgan fingerprint density at radius 1 is 1.37 bits per heavy atom. The third kappa shape index (κ3) is 3.35. The van der Waals surface area contributed by atoms with Crippen molar-refractivity contribution in [3.63, 3.8) is 0 Å². The molecule has 5 rings (SSSR count). The first-order chi connectivity index (χ1) is 14.4. The highest BCUT2D eigenvalue weighted by molar-refractivity contribution is 5.94. The van der Waals surface area contributed by atoms with Gasteiger partial charge in [0, 0.05) is 22.4 Å². The lowest BCUT2D eigenvalue weighted by Crippen LogP contribution is -2.29. The maximum absolute atomic E-state index is 12.5. The lowest BCUT2D eigenvalue weighted by Gasteiger charge is -2.20. The van der Waals surface area contributed by atoms with Crippen molar-refractivity contribution < 1.29 is 23.8 Å². The summed E-state index contributed by atoms with van der Waals surface area (Å²) in [5.41, 5.74) is 2.65. The van der Waals surface area contributed by atoms with Crippen molar-refractivity contribution in [3.8, 4) is 0 Å². The van der Waals surface area contributed by atoms with Crippen LogP contribution in [-0.4, -0.2) is 41.3 Å². The average Bonchev–Trinajstić information content (AvgIpc) is 3.07. The molecule has 4 atom stereocenters. The smallest absolute Gasteiger partial charge is 0.355 e. The van der Waals surface area contributed by atoms with Crippen LogP contribution in [0.25, 0.3) is 10.9 Å². The predicted molar refractivity (Wildman–Crippen MR) is 111 cm³/mol. The molecule has 1 aliphatic carbocycles. The van der Waals surface area contributed by atoms with Crippen molar-refractivity contribution in [2.24, 2.45) is 5.92 Å². The second-order valence-electron chi connectivity index (χ2n) is 8.64. The molecule has 2 aliphatic heterocycles. The molecule has 0 unspecified atom stereocenters. The van der Waals surface area contributed by atoms with Gasteiger partial charge in [0.15, 0.2) is 0 Å². The van der Waals surface area contributed by atoms with Crippen LogP contribution in [0.5, 0.6) is 0 Å². The SMILES string of the molecule is C=C1C(=O)O[C@@H]2[C@H]3O[C@]3(C)CC/C=C(/COC(=O)c3cc4ccccc4[nH]3)CC[C@@H]12. The van der Waals surface area contributed by atoms with E-state index in [1.54, 1.807) is 6.07 Å². The number of para-hydroxylation sites is 1. The highest BCUT2D eigenvalue weighted by Crippen LogP contribution is 2.49. The van der Waals surface area contributed by atoms with Gasteiger partial charge in [0.2, 0.25) is 0 Å². The Bertz CT molecular complexity index is 1030. The molecule has 1 N–H and O–H groups in total. The van der Waals surface area contributed by atoms with E-state index < -0.39 is 0 Å². The number of esters is 2. The molecule has 0 bridgehead atoms. The van der Waals surface area contributed by atoms with Crippen molar-refractivity contribution in [2.75, 3.05) is 6.61 Å². The van der Waals surface area contributed by atoms with Gasteiger partial charge in [-0.05, 0) is 50.3 Å². The van der Waals surface area contributed by atoms with Crippen LogP contribution in [-0.2, 0) is 19.0 Å². The van der Waals surface area contributed by atoms with Crippen LogP contribution in [0, 0.1) is 5.92 Å². The fraction of sp³-hybridized carbons (Fsp3) is 0.417. The highest BCUT2D eigenvalue weighted by atomic mass is 16.6. The molecule has 3 aliphatic rings. The van der Waals surface area contributed by atoms with Gasteiger partial charge in [0.1, 0.15) is 24.5 Å². The van der Waals surface area contributed by atoms with Gasteiger partial charge in [-0.3, -0.25) is 0 Å². The van der Waals surface area contributed by atoms with E-state index in [2.05, 4.69) is 24.6 Å². The Balaban J connectivity index is 1.28. The molecule has 6 nitrogen and oxygen atoms in total. The number of carbonyl (C=O) groups is 2. The van der Waals surface area contributed by atoms with Crippen molar-refractivity contribution in [1.29, 1.82) is 0 Å². The number of aromatic nitrogens is 1. The predicted octanol–water partition coefficient (Wildman–Crippen LogP) is 4.08. The Hall–Kier alpha value is -2.86. The molecule has 0 saturated carbocycles. The van der Waals surface area contributed by atoms with E-state index in [0.717, 1.165) is 42.2 Å². The number of aromatic amines is 1. The average molecular weight is 407 g/mol. The highest BCUT2D eigenvalue weighted by Gasteiger charge is 2.61. The zero-order valence-electron chi connectivity index (χ0n) is 17.0. The largest absolute Gasteiger partial charge is 0.457 e. The molecule has 30 heavy (non-hydrogen) atoms. The Labute approximate surface area is 174 Å². The molecule has 1 aromatic heterocycles. The quantitative estimate of drug-likeness (QED) is 0.359. The maximum Gasteiger partial charge on any atom is 0.355 e. The van der Waals surface area contributed by atoms with Gasteiger partial charge in [-0.1, -0.05) is 30.9 Å². The maximum atomic E-state index is 12.5. The van der Waals surface area contributed by atoms with Gasteiger partial charge in [0.05, 0.1) is 5.60 Å². The monoisotopic (exact) mass is 407 g/mol. The molecule has 0 spiro atoms. The van der Waals surface area contributed by atoms with Gasteiger partial charge in [0.25, 0.3) is 0 Å². The summed E-state index contributed by atoms with van der Waals surface area (Å²) in [5.74, 6) is -0.753. The van der Waals surface area contributed by atoms with E-state index >= 15 is 0 Å². The Morgan fingerprint density at radius 2 is 2.20 bits per heavy atom. The van der Waals surface area contributed by atoms with Gasteiger partial charge < -0.3 is 19.2 Å². The summed E-state index contributed by atoms with van der Waals surface area (Å²) in [4.78, 5) is 27.7. The topological polar surface area (TPSA) is 80.9 Å². The van der Waals surface area contributed by atoms with E-state index in [4.69, 9.17) is 14.2 Å². The number of fused-ring (bicyclic) bond motifs is 4. The lowest BCUT2D eigenvalue weighted by atomic mass is 9.84. The second-order valence-corrected chi connectivity index (χ2v) is 8.64. The first-order valence-electron chi connectivity index (χ1n) is 10.4. The number of carbonyl (C=O) groups excluding carboxylic acids is 2. The number of rotatable bonds is 3. The van der Waals surface area contributed by atoms with Crippen LogP contribution in [0.2, 0.25) is 0 Å².